The summed E-state index contributed by atoms with van der Waals surface area (Å²) in [5.41, 5.74) is -0.0489. The van der Waals surface area contributed by atoms with E-state index in [4.69, 9.17) is 26.6 Å². The summed E-state index contributed by atoms with van der Waals surface area (Å²) in [4.78, 5) is 10.9. The van der Waals surface area contributed by atoms with Gasteiger partial charge in [-0.2, -0.15) is 0 Å². The van der Waals surface area contributed by atoms with E-state index < -0.39 is 18.2 Å². The number of hydrogen-bond donors (Lipinski definition) is 3. The molecule has 0 aliphatic heterocycles. The average Bonchev–Trinajstić information content (AvgIpc) is 2.25. The Morgan fingerprint density at radius 2 is 2.12 bits per heavy atom. The molecular formula is C11H13ClO5. The summed E-state index contributed by atoms with van der Waals surface area (Å²) in [7, 11) is 0. The Labute approximate surface area is 103 Å². The Morgan fingerprint density at radius 1 is 1.47 bits per heavy atom. The number of carboxylic acids is 1. The van der Waals surface area contributed by atoms with Gasteiger partial charge in [0.15, 0.2) is 0 Å². The first-order valence-electron chi connectivity index (χ1n) is 4.93. The minimum atomic E-state index is -1.15. The lowest BCUT2D eigenvalue weighted by atomic mass is 10.2. The normalized spacial score (nSPS) is 14.1. The summed E-state index contributed by atoms with van der Waals surface area (Å²) in [5, 5.41) is 27.6. The second kappa shape index (κ2) is 5.86. The lowest BCUT2D eigenvalue weighted by Gasteiger charge is -2.15. The Bertz CT molecular complexity index is 405. The number of carboxylic acid groups (broad SMARTS) is 1. The number of carbonyl (C=O) groups is 1. The molecule has 0 saturated carbocycles. The van der Waals surface area contributed by atoms with E-state index in [1.165, 1.54) is 25.1 Å². The molecule has 0 bridgehead atoms. The molecule has 0 aliphatic rings. The van der Waals surface area contributed by atoms with Gasteiger partial charge in [0.2, 0.25) is 0 Å². The predicted octanol–water partition coefficient (Wildman–Crippen LogP) is 1.16. The predicted molar refractivity (Wildman–Crippen MR) is 61.6 cm³/mol. The first kappa shape index (κ1) is 13.8. The highest BCUT2D eigenvalue weighted by Gasteiger charge is 2.15. The van der Waals surface area contributed by atoms with E-state index in [1.54, 1.807) is 0 Å². The van der Waals surface area contributed by atoms with Crippen molar-refractivity contribution in [3.63, 3.8) is 0 Å². The maximum absolute atomic E-state index is 10.9. The zero-order valence-corrected chi connectivity index (χ0v) is 9.89. The molecule has 0 saturated heterocycles. The molecule has 3 N–H and O–H groups in total. The van der Waals surface area contributed by atoms with Crippen molar-refractivity contribution in [2.45, 2.75) is 19.1 Å². The number of aliphatic hydroxyl groups excluding tert-OH is 2. The van der Waals surface area contributed by atoms with Crippen LogP contribution in [0.25, 0.3) is 0 Å². The van der Waals surface area contributed by atoms with E-state index >= 15 is 0 Å². The highest BCUT2D eigenvalue weighted by atomic mass is 35.5. The van der Waals surface area contributed by atoms with Crippen LogP contribution in [0.3, 0.4) is 0 Å². The summed E-state index contributed by atoms with van der Waals surface area (Å²) >= 11 is 5.71. The molecule has 1 aromatic rings. The SMILES string of the molecule is CC(O)C(O)COc1cc(Cl)ccc1C(=O)O. The summed E-state index contributed by atoms with van der Waals surface area (Å²) in [6.07, 6.45) is -2.04. The number of aromatic carboxylic acids is 1. The van der Waals surface area contributed by atoms with Crippen LogP contribution in [-0.4, -0.2) is 40.1 Å². The first-order valence-corrected chi connectivity index (χ1v) is 5.31. The number of benzene rings is 1. The van der Waals surface area contributed by atoms with Gasteiger partial charge in [0, 0.05) is 5.02 Å². The second-order valence-corrected chi connectivity index (χ2v) is 4.00. The quantitative estimate of drug-likeness (QED) is 0.739. The number of rotatable bonds is 5. The first-order chi connectivity index (χ1) is 7.91. The molecule has 0 aliphatic carbocycles. The van der Waals surface area contributed by atoms with Crippen LogP contribution in [-0.2, 0) is 0 Å². The van der Waals surface area contributed by atoms with Gasteiger partial charge in [0.25, 0.3) is 0 Å². The van der Waals surface area contributed by atoms with Crippen molar-refractivity contribution in [2.24, 2.45) is 0 Å². The Hall–Kier alpha value is -1.30. The molecule has 0 fully saturated rings. The molecule has 0 spiro atoms. The van der Waals surface area contributed by atoms with Crippen molar-refractivity contribution in [1.29, 1.82) is 0 Å². The fraction of sp³-hybridized carbons (Fsp3) is 0.364. The van der Waals surface area contributed by atoms with Crippen molar-refractivity contribution in [1.82, 2.24) is 0 Å². The zero-order chi connectivity index (χ0) is 13.0. The van der Waals surface area contributed by atoms with Crippen LogP contribution in [0.2, 0.25) is 5.02 Å². The van der Waals surface area contributed by atoms with Crippen LogP contribution in [0.15, 0.2) is 18.2 Å². The minimum Gasteiger partial charge on any atom is -0.490 e. The molecule has 1 aromatic carbocycles. The minimum absolute atomic E-state index is 0.0489. The van der Waals surface area contributed by atoms with Gasteiger partial charge < -0.3 is 20.1 Å². The molecule has 0 aromatic heterocycles. The summed E-state index contributed by atoms with van der Waals surface area (Å²) in [6, 6.07) is 4.09. The van der Waals surface area contributed by atoms with Crippen LogP contribution < -0.4 is 4.74 Å². The molecule has 0 heterocycles. The maximum atomic E-state index is 10.9. The fourth-order valence-corrected chi connectivity index (χ4v) is 1.27. The van der Waals surface area contributed by atoms with Gasteiger partial charge >= 0.3 is 5.97 Å². The summed E-state index contributed by atoms with van der Waals surface area (Å²) < 4.78 is 5.13. The fourth-order valence-electron chi connectivity index (χ4n) is 1.11. The third-order valence-electron chi connectivity index (χ3n) is 2.14. The molecule has 2 atom stereocenters. The van der Waals surface area contributed by atoms with E-state index in [1.807, 2.05) is 0 Å². The third-order valence-corrected chi connectivity index (χ3v) is 2.38. The lowest BCUT2D eigenvalue weighted by Crippen LogP contribution is -2.29. The van der Waals surface area contributed by atoms with Crippen molar-refractivity contribution in [3.05, 3.63) is 28.8 Å². The number of halogens is 1. The summed E-state index contributed by atoms with van der Waals surface area (Å²) in [6.45, 7) is 1.20. The van der Waals surface area contributed by atoms with Crippen LogP contribution in [0, 0.1) is 0 Å². The lowest BCUT2D eigenvalue weighted by molar-refractivity contribution is 0.00198. The molecule has 17 heavy (non-hydrogen) atoms. The van der Waals surface area contributed by atoms with Gasteiger partial charge in [-0.25, -0.2) is 4.79 Å². The van der Waals surface area contributed by atoms with Gasteiger partial charge in [-0.05, 0) is 25.1 Å². The highest BCUT2D eigenvalue weighted by Crippen LogP contribution is 2.23. The number of ether oxygens (including phenoxy) is 1. The van der Waals surface area contributed by atoms with E-state index in [0.717, 1.165) is 0 Å². The van der Waals surface area contributed by atoms with Gasteiger partial charge in [-0.3, -0.25) is 0 Å². The highest BCUT2D eigenvalue weighted by molar-refractivity contribution is 6.30. The standard InChI is InChI=1S/C11H13ClO5/c1-6(13)9(14)5-17-10-4-7(12)2-3-8(10)11(15)16/h2-4,6,9,13-14H,5H2,1H3,(H,15,16). The molecule has 5 nitrogen and oxygen atoms in total. The number of aliphatic hydroxyl groups is 2. The largest absolute Gasteiger partial charge is 0.490 e. The van der Waals surface area contributed by atoms with Gasteiger partial charge in [-0.15, -0.1) is 0 Å². The molecule has 0 radical (unpaired) electrons. The topological polar surface area (TPSA) is 87.0 Å². The Kier molecular flexibility index (Phi) is 4.74. The average molecular weight is 261 g/mol. The van der Waals surface area contributed by atoms with E-state index in [0.29, 0.717) is 5.02 Å². The van der Waals surface area contributed by atoms with Crippen LogP contribution in [0.4, 0.5) is 0 Å². The number of hydrogen-bond acceptors (Lipinski definition) is 4. The molecule has 94 valence electrons. The van der Waals surface area contributed by atoms with Crippen molar-refractivity contribution in [2.75, 3.05) is 6.61 Å². The molecular weight excluding hydrogens is 248 g/mol. The Morgan fingerprint density at radius 3 is 2.65 bits per heavy atom. The second-order valence-electron chi connectivity index (χ2n) is 3.56. The maximum Gasteiger partial charge on any atom is 0.339 e. The molecule has 6 heteroatoms. The monoisotopic (exact) mass is 260 g/mol. The van der Waals surface area contributed by atoms with Gasteiger partial charge in [0.1, 0.15) is 24.0 Å². The summed E-state index contributed by atoms with van der Waals surface area (Å²) in [5.74, 6) is -1.09. The van der Waals surface area contributed by atoms with Crippen molar-refractivity contribution >= 4 is 17.6 Å². The molecule has 1 rings (SSSR count). The molecule has 2 unspecified atom stereocenters. The van der Waals surface area contributed by atoms with Crippen molar-refractivity contribution in [3.8, 4) is 5.75 Å². The molecule has 0 amide bonds. The van der Waals surface area contributed by atoms with E-state index in [9.17, 15) is 9.90 Å². The van der Waals surface area contributed by atoms with E-state index in [-0.39, 0.29) is 17.9 Å². The van der Waals surface area contributed by atoms with Crippen LogP contribution >= 0.6 is 11.6 Å². The third kappa shape index (κ3) is 3.89. The smallest absolute Gasteiger partial charge is 0.339 e. The zero-order valence-electron chi connectivity index (χ0n) is 9.13. The van der Waals surface area contributed by atoms with Crippen LogP contribution in [0.1, 0.15) is 17.3 Å². The van der Waals surface area contributed by atoms with Gasteiger partial charge in [0.05, 0.1) is 6.10 Å². The van der Waals surface area contributed by atoms with Crippen molar-refractivity contribution < 1.29 is 24.9 Å². The van der Waals surface area contributed by atoms with E-state index in [2.05, 4.69) is 0 Å². The Balaban J connectivity index is 2.82. The van der Waals surface area contributed by atoms with Gasteiger partial charge in [-0.1, -0.05) is 11.6 Å². The van der Waals surface area contributed by atoms with Crippen LogP contribution in [0.5, 0.6) is 5.75 Å².